The average molecular weight is 548 g/mol. The number of anilines is 1. The molecule has 0 spiro atoms. The third-order valence-electron chi connectivity index (χ3n) is 6.11. The number of hydrazone groups is 1. The number of hydrogen-bond acceptors (Lipinski definition) is 4. The van der Waals surface area contributed by atoms with Crippen LogP contribution in [-0.2, 0) is 0 Å². The molecular weight excluding hydrogens is 523 g/mol. The maximum absolute atomic E-state index is 12.5. The molecule has 0 radical (unpaired) electrons. The zero-order valence-electron chi connectivity index (χ0n) is 21.0. The zero-order valence-corrected chi connectivity index (χ0v) is 21.8. The lowest BCUT2D eigenvalue weighted by Crippen LogP contribution is -2.24. The molecule has 5 aromatic rings. The van der Waals surface area contributed by atoms with Gasteiger partial charge in [0.1, 0.15) is 11.4 Å². The molecule has 0 bridgehead atoms. The second kappa shape index (κ2) is 10.7. The first-order valence-electron chi connectivity index (χ1n) is 12.1. The molecule has 0 atom stereocenters. The van der Waals surface area contributed by atoms with E-state index >= 15 is 0 Å². The molecule has 0 saturated carbocycles. The van der Waals surface area contributed by atoms with Gasteiger partial charge in [-0.25, -0.2) is 4.98 Å². The van der Waals surface area contributed by atoms with Gasteiger partial charge in [0.05, 0.1) is 18.1 Å². The summed E-state index contributed by atoms with van der Waals surface area (Å²) in [5.74, 6) is 0.0831. The Morgan fingerprint density at radius 3 is 2.56 bits per heavy atom. The predicted octanol–water partition coefficient (Wildman–Crippen LogP) is 7.50. The molecule has 0 aliphatic rings. The number of hydrogen-bond donors (Lipinski definition) is 2. The number of para-hydroxylation sites is 1. The molecule has 5 rings (SSSR count). The summed E-state index contributed by atoms with van der Waals surface area (Å²) in [4.78, 5) is 4.56. The quantitative estimate of drug-likeness (QED) is 0.131. The molecule has 0 fully saturated rings. The van der Waals surface area contributed by atoms with Crippen LogP contribution in [0.2, 0.25) is 0 Å². The highest BCUT2D eigenvalue weighted by molar-refractivity contribution is 7.80. The van der Waals surface area contributed by atoms with E-state index in [0.29, 0.717) is 16.6 Å². The summed E-state index contributed by atoms with van der Waals surface area (Å²) in [6.07, 6.45) is 0.531. The van der Waals surface area contributed by atoms with Crippen LogP contribution in [0, 0.1) is 0 Å². The summed E-state index contributed by atoms with van der Waals surface area (Å²) in [5, 5.41) is 9.75. The van der Waals surface area contributed by atoms with Crippen molar-refractivity contribution in [3.8, 4) is 17.0 Å². The first kappa shape index (κ1) is 26.2. The molecule has 39 heavy (non-hydrogen) atoms. The molecule has 0 saturated heterocycles. The summed E-state index contributed by atoms with van der Waals surface area (Å²) < 4.78 is 43.3. The van der Waals surface area contributed by atoms with Gasteiger partial charge in [-0.3, -0.25) is 9.83 Å². The van der Waals surface area contributed by atoms with Crippen molar-refractivity contribution in [2.75, 3.05) is 5.32 Å². The van der Waals surface area contributed by atoms with Gasteiger partial charge in [-0.05, 0) is 83.2 Å². The van der Waals surface area contributed by atoms with E-state index in [1.165, 1.54) is 17.7 Å². The van der Waals surface area contributed by atoms with Crippen molar-refractivity contribution in [1.29, 1.82) is 0 Å². The molecule has 6 nitrogen and oxygen atoms in total. The second-order valence-electron chi connectivity index (χ2n) is 9.14. The van der Waals surface area contributed by atoms with Crippen molar-refractivity contribution in [1.82, 2.24) is 14.8 Å². The number of thiocarbonyl (C=S) groups is 1. The summed E-state index contributed by atoms with van der Waals surface area (Å²) in [5.41, 5.74) is 8.04. The molecule has 3 aromatic carbocycles. The highest BCUT2D eigenvalue weighted by Gasteiger charge is 2.31. The molecular formula is C29H24F3N5OS. The summed E-state index contributed by atoms with van der Waals surface area (Å²) in [7, 11) is 0. The number of fused-ring (bicyclic) bond motifs is 3. The van der Waals surface area contributed by atoms with Gasteiger partial charge in [0.2, 0.25) is 0 Å². The number of imidazole rings is 1. The molecule has 2 heterocycles. The van der Waals surface area contributed by atoms with E-state index in [9.17, 15) is 13.2 Å². The summed E-state index contributed by atoms with van der Waals surface area (Å²) >= 11 is 5.40. The highest BCUT2D eigenvalue weighted by atomic mass is 32.1. The van der Waals surface area contributed by atoms with E-state index in [1.807, 2.05) is 53.1 Å². The molecule has 0 aliphatic heterocycles. The van der Waals surface area contributed by atoms with Crippen molar-refractivity contribution < 1.29 is 17.9 Å². The van der Waals surface area contributed by atoms with Crippen LogP contribution in [0.3, 0.4) is 0 Å². The number of aromatic nitrogens is 2. The first-order valence-corrected chi connectivity index (χ1v) is 12.5. The minimum absolute atomic E-state index is 0.272. The van der Waals surface area contributed by atoms with Gasteiger partial charge < -0.3 is 10.1 Å². The Hall–Kier alpha value is -4.44. The lowest BCUT2D eigenvalue weighted by Gasteiger charge is -2.14. The highest BCUT2D eigenvalue weighted by Crippen LogP contribution is 2.29. The molecule has 2 N–H and O–H groups in total. The Bertz CT molecular complexity index is 1680. The van der Waals surface area contributed by atoms with Gasteiger partial charge in [0, 0.05) is 22.8 Å². The smallest absolute Gasteiger partial charge is 0.406 e. The van der Waals surface area contributed by atoms with E-state index in [-0.39, 0.29) is 5.75 Å². The van der Waals surface area contributed by atoms with Crippen LogP contribution >= 0.6 is 12.2 Å². The first-order chi connectivity index (χ1) is 18.7. The van der Waals surface area contributed by atoms with Crippen molar-refractivity contribution in [3.63, 3.8) is 0 Å². The molecule has 198 valence electrons. The van der Waals surface area contributed by atoms with Crippen LogP contribution in [-0.4, -0.2) is 27.1 Å². The number of alkyl halides is 3. The van der Waals surface area contributed by atoms with Crippen LogP contribution < -0.4 is 15.5 Å². The fourth-order valence-corrected chi connectivity index (χ4v) is 4.50. The van der Waals surface area contributed by atoms with Crippen molar-refractivity contribution in [3.05, 3.63) is 96.3 Å². The third kappa shape index (κ3) is 6.01. The van der Waals surface area contributed by atoms with Gasteiger partial charge in [-0.1, -0.05) is 38.1 Å². The molecule has 0 unspecified atom stereocenters. The van der Waals surface area contributed by atoms with E-state index < -0.39 is 6.36 Å². The Morgan fingerprint density at radius 1 is 1.05 bits per heavy atom. The van der Waals surface area contributed by atoms with Gasteiger partial charge in [-0.2, -0.15) is 5.10 Å². The van der Waals surface area contributed by atoms with E-state index in [1.54, 1.807) is 24.5 Å². The van der Waals surface area contributed by atoms with Crippen molar-refractivity contribution >= 4 is 45.7 Å². The molecule has 2 aromatic heterocycles. The number of ether oxygens (including phenoxy) is 1. The number of nitrogens with one attached hydrogen (secondary N) is 2. The summed E-state index contributed by atoms with van der Waals surface area (Å²) in [6.45, 7) is 4.25. The van der Waals surface area contributed by atoms with Gasteiger partial charge in [-0.15, -0.1) is 13.2 Å². The maximum Gasteiger partial charge on any atom is 0.573 e. The number of nitrogens with zero attached hydrogens (tertiary/aromatic N) is 3. The second-order valence-corrected chi connectivity index (χ2v) is 9.55. The lowest BCUT2D eigenvalue weighted by atomic mass is 10.0. The van der Waals surface area contributed by atoms with E-state index in [2.05, 4.69) is 45.5 Å². The van der Waals surface area contributed by atoms with Crippen molar-refractivity contribution in [2.45, 2.75) is 26.1 Å². The van der Waals surface area contributed by atoms with Crippen LogP contribution in [0.5, 0.6) is 5.75 Å². The number of benzene rings is 3. The predicted molar refractivity (Wildman–Crippen MR) is 152 cm³/mol. The lowest BCUT2D eigenvalue weighted by molar-refractivity contribution is -0.274. The van der Waals surface area contributed by atoms with Crippen LogP contribution in [0.4, 0.5) is 18.9 Å². The number of pyridine rings is 1. The normalized spacial score (nSPS) is 11.9. The standard InChI is InChI=1S/C29H24F3N5OS/c1-18(2)23-5-3-4-6-25(23)35-28(39)36-34-16-19-7-12-24-21(15-19)13-14-37-26(17-33-27(24)37)20-8-10-22(11-9-20)38-29(30,31)32/h3-18H,1-2H3,(H2,35,36,39)/b34-16+. The third-order valence-corrected chi connectivity index (χ3v) is 6.30. The van der Waals surface area contributed by atoms with Crippen LogP contribution in [0.1, 0.15) is 30.9 Å². The average Bonchev–Trinajstić information content (AvgIpc) is 3.33. The summed E-state index contributed by atoms with van der Waals surface area (Å²) in [6, 6.07) is 21.5. The SMILES string of the molecule is CC(C)c1ccccc1NC(=S)N/N=C/c1ccc2c(ccn3c(-c4ccc(OC(F)(F)F)cc4)cnc23)c1. The van der Waals surface area contributed by atoms with Gasteiger partial charge >= 0.3 is 6.36 Å². The largest absolute Gasteiger partial charge is 0.573 e. The van der Waals surface area contributed by atoms with Crippen LogP contribution in [0.25, 0.3) is 27.7 Å². The van der Waals surface area contributed by atoms with E-state index in [0.717, 1.165) is 33.4 Å². The fraction of sp³-hybridized carbons (Fsp3) is 0.138. The van der Waals surface area contributed by atoms with Gasteiger partial charge in [0.15, 0.2) is 5.11 Å². The minimum atomic E-state index is -4.73. The molecule has 10 heteroatoms. The maximum atomic E-state index is 12.5. The topological polar surface area (TPSA) is 63.0 Å². The van der Waals surface area contributed by atoms with Crippen LogP contribution in [0.15, 0.2) is 90.3 Å². The Morgan fingerprint density at radius 2 is 1.82 bits per heavy atom. The Balaban J connectivity index is 1.31. The zero-order chi connectivity index (χ0) is 27.6. The number of rotatable bonds is 6. The molecule has 0 aliphatic carbocycles. The molecule has 0 amide bonds. The van der Waals surface area contributed by atoms with E-state index in [4.69, 9.17) is 12.2 Å². The Labute approximate surface area is 228 Å². The Kier molecular flexibility index (Phi) is 7.21. The number of halogens is 3. The minimum Gasteiger partial charge on any atom is -0.406 e. The fourth-order valence-electron chi connectivity index (χ4n) is 4.34. The van der Waals surface area contributed by atoms with Crippen molar-refractivity contribution in [2.24, 2.45) is 5.10 Å². The van der Waals surface area contributed by atoms with Gasteiger partial charge in [0.25, 0.3) is 0 Å². The monoisotopic (exact) mass is 547 g/mol.